The van der Waals surface area contributed by atoms with E-state index < -0.39 is 0 Å². The largest absolute Gasteiger partial charge is 0.456 e. The van der Waals surface area contributed by atoms with Gasteiger partial charge in [0.1, 0.15) is 11.2 Å². The third kappa shape index (κ3) is 6.18. The van der Waals surface area contributed by atoms with Crippen LogP contribution in [0.3, 0.4) is 0 Å². The van der Waals surface area contributed by atoms with Crippen LogP contribution in [0.5, 0.6) is 0 Å². The van der Waals surface area contributed by atoms with Crippen LogP contribution in [0, 0.1) is 0 Å². The summed E-state index contributed by atoms with van der Waals surface area (Å²) in [5.41, 5.74) is 11.4. The van der Waals surface area contributed by atoms with Crippen molar-refractivity contribution in [1.82, 2.24) is 15.0 Å². The Hall–Kier alpha value is -8.73. The predicted octanol–water partition coefficient (Wildman–Crippen LogP) is 16.4. The van der Waals surface area contributed by atoms with E-state index in [0.29, 0.717) is 17.5 Å². The zero-order valence-electron chi connectivity index (χ0n) is 35.1. The molecule has 13 rings (SSSR count). The Morgan fingerprint density at radius 3 is 1.55 bits per heavy atom. The van der Waals surface area contributed by atoms with Crippen LogP contribution in [-0.4, -0.2) is 15.0 Å². The van der Waals surface area contributed by atoms with Gasteiger partial charge in [-0.3, -0.25) is 0 Å². The minimum Gasteiger partial charge on any atom is -0.456 e. The Bertz CT molecular complexity index is 4010. The van der Waals surface area contributed by atoms with Crippen molar-refractivity contribution < 1.29 is 4.42 Å². The quantitative estimate of drug-likeness (QED) is 0.168. The monoisotopic (exact) mass is 827 g/mol. The highest BCUT2D eigenvalue weighted by molar-refractivity contribution is 6.12. The van der Waals surface area contributed by atoms with Crippen molar-refractivity contribution in [3.05, 3.63) is 224 Å². The van der Waals surface area contributed by atoms with Crippen LogP contribution < -0.4 is 0 Å². The van der Waals surface area contributed by atoms with E-state index in [2.05, 4.69) is 212 Å². The molecule has 4 nitrogen and oxygen atoms in total. The molecule has 65 heavy (non-hydrogen) atoms. The molecule has 0 amide bonds. The van der Waals surface area contributed by atoms with Crippen LogP contribution in [0.25, 0.3) is 133 Å². The summed E-state index contributed by atoms with van der Waals surface area (Å²) in [7, 11) is 0. The number of hydrogen-bond acceptors (Lipinski definition) is 4. The molecule has 0 spiro atoms. The molecule has 302 valence electrons. The number of rotatable bonds is 6. The number of hydrogen-bond donors (Lipinski definition) is 0. The molecule has 0 atom stereocenters. The van der Waals surface area contributed by atoms with Gasteiger partial charge in [0, 0.05) is 32.8 Å². The van der Waals surface area contributed by atoms with Gasteiger partial charge in [0.2, 0.25) is 0 Å². The van der Waals surface area contributed by atoms with Crippen molar-refractivity contribution in [3.8, 4) is 67.5 Å². The fraction of sp³-hybridized carbons (Fsp3) is 0. The van der Waals surface area contributed by atoms with E-state index in [0.717, 1.165) is 98.8 Å². The fourth-order valence-electron chi connectivity index (χ4n) is 9.87. The van der Waals surface area contributed by atoms with Crippen molar-refractivity contribution in [2.24, 2.45) is 0 Å². The number of furan rings is 1. The van der Waals surface area contributed by atoms with Gasteiger partial charge in [-0.15, -0.1) is 0 Å². The lowest BCUT2D eigenvalue weighted by atomic mass is 9.91. The summed E-state index contributed by atoms with van der Waals surface area (Å²) in [5.74, 6) is 1.84. The summed E-state index contributed by atoms with van der Waals surface area (Å²) in [6.07, 6.45) is 0. The lowest BCUT2D eigenvalue weighted by Crippen LogP contribution is -2.02. The SMILES string of the molecule is c1ccc(-c2ccc3cccc(-c4nc(-c5ccc(-c6ccc7c(c6)oc6ccccc67)c6ccccc56)nc(-c5cccc6cccc(-c7cccc8ccccc78)c56)n4)c3c2)cc1. The van der Waals surface area contributed by atoms with Crippen molar-refractivity contribution in [1.29, 1.82) is 0 Å². The summed E-state index contributed by atoms with van der Waals surface area (Å²) < 4.78 is 6.35. The van der Waals surface area contributed by atoms with Gasteiger partial charge in [0.05, 0.1) is 0 Å². The third-order valence-electron chi connectivity index (χ3n) is 12.9. The normalized spacial score (nSPS) is 11.7. The molecule has 2 aromatic heterocycles. The van der Waals surface area contributed by atoms with Gasteiger partial charge in [0.15, 0.2) is 17.5 Å². The summed E-state index contributed by atoms with van der Waals surface area (Å²) in [6, 6.07) is 79.4. The van der Waals surface area contributed by atoms with Gasteiger partial charge in [-0.2, -0.15) is 0 Å². The van der Waals surface area contributed by atoms with Gasteiger partial charge in [-0.1, -0.05) is 194 Å². The molecule has 0 saturated heterocycles. The third-order valence-corrected chi connectivity index (χ3v) is 12.9. The maximum atomic E-state index is 6.35. The van der Waals surface area contributed by atoms with E-state index in [4.69, 9.17) is 19.4 Å². The van der Waals surface area contributed by atoms with E-state index in [1.54, 1.807) is 0 Å². The molecular formula is C61H37N3O. The zero-order chi connectivity index (χ0) is 42.8. The van der Waals surface area contributed by atoms with Crippen LogP contribution in [0.4, 0.5) is 0 Å². The van der Waals surface area contributed by atoms with Crippen molar-refractivity contribution in [3.63, 3.8) is 0 Å². The van der Waals surface area contributed by atoms with Crippen LogP contribution in [0.1, 0.15) is 0 Å². The van der Waals surface area contributed by atoms with E-state index in [1.165, 1.54) is 16.3 Å². The number of nitrogens with zero attached hydrogens (tertiary/aromatic N) is 3. The molecule has 11 aromatic carbocycles. The Morgan fingerprint density at radius 1 is 0.246 bits per heavy atom. The van der Waals surface area contributed by atoms with Crippen LogP contribution in [0.2, 0.25) is 0 Å². The van der Waals surface area contributed by atoms with Gasteiger partial charge >= 0.3 is 0 Å². The van der Waals surface area contributed by atoms with Crippen LogP contribution >= 0.6 is 0 Å². The lowest BCUT2D eigenvalue weighted by Gasteiger charge is -2.16. The van der Waals surface area contributed by atoms with Gasteiger partial charge < -0.3 is 4.42 Å². The maximum Gasteiger partial charge on any atom is 0.164 e. The fourth-order valence-corrected chi connectivity index (χ4v) is 9.87. The maximum absolute atomic E-state index is 6.35. The molecule has 0 bridgehead atoms. The molecule has 0 saturated carbocycles. The summed E-state index contributed by atoms with van der Waals surface area (Å²) in [6.45, 7) is 0. The number of aromatic nitrogens is 3. The molecule has 0 radical (unpaired) electrons. The standard InChI is InChI=1S/C61H37N3O/c1-2-14-38(15-3-1)42-31-30-40-18-11-27-52(55(40)36-42)59-62-60(53-35-34-45(46-22-6-7-23-48(46)53)43-32-33-50-49-24-8-9-29-56(49)65-57(50)37-43)64-61(63-59)54-28-13-20-41-19-12-26-51(58(41)54)47-25-10-17-39-16-4-5-21-44(39)47/h1-37H. The molecule has 0 aliphatic heterocycles. The van der Waals surface area contributed by atoms with Crippen LogP contribution in [0.15, 0.2) is 229 Å². The molecule has 0 aliphatic carbocycles. The molecule has 2 heterocycles. The Labute approximate surface area is 374 Å². The number of benzene rings is 11. The minimum atomic E-state index is 0.608. The first-order valence-electron chi connectivity index (χ1n) is 22.0. The van der Waals surface area contributed by atoms with Gasteiger partial charge in [-0.25, -0.2) is 15.0 Å². The summed E-state index contributed by atoms with van der Waals surface area (Å²) in [4.78, 5) is 16.4. The zero-order valence-corrected chi connectivity index (χ0v) is 35.1. The van der Waals surface area contributed by atoms with E-state index >= 15 is 0 Å². The van der Waals surface area contributed by atoms with E-state index in [-0.39, 0.29) is 0 Å². The lowest BCUT2D eigenvalue weighted by molar-refractivity contribution is 0.669. The molecule has 0 fully saturated rings. The summed E-state index contributed by atoms with van der Waals surface area (Å²) >= 11 is 0. The average molecular weight is 828 g/mol. The molecule has 0 unspecified atom stereocenters. The van der Waals surface area contributed by atoms with E-state index in [9.17, 15) is 0 Å². The topological polar surface area (TPSA) is 51.8 Å². The molecule has 4 heteroatoms. The molecule has 0 N–H and O–H groups in total. The first kappa shape index (κ1) is 36.9. The highest BCUT2D eigenvalue weighted by Gasteiger charge is 2.21. The number of para-hydroxylation sites is 1. The van der Waals surface area contributed by atoms with Gasteiger partial charge in [0.25, 0.3) is 0 Å². The summed E-state index contributed by atoms with van der Waals surface area (Å²) in [5, 5.41) is 11.2. The number of fused-ring (bicyclic) bond motifs is 7. The second-order valence-electron chi connectivity index (χ2n) is 16.7. The Balaban J connectivity index is 1.06. The second-order valence-corrected chi connectivity index (χ2v) is 16.7. The highest BCUT2D eigenvalue weighted by atomic mass is 16.3. The average Bonchev–Trinajstić information content (AvgIpc) is 3.75. The van der Waals surface area contributed by atoms with Crippen molar-refractivity contribution in [2.45, 2.75) is 0 Å². The van der Waals surface area contributed by atoms with Gasteiger partial charge in [-0.05, 0) is 101 Å². The second kappa shape index (κ2) is 15.0. The Morgan fingerprint density at radius 2 is 0.769 bits per heavy atom. The van der Waals surface area contributed by atoms with Crippen molar-refractivity contribution in [2.75, 3.05) is 0 Å². The minimum absolute atomic E-state index is 0.608. The van der Waals surface area contributed by atoms with Crippen molar-refractivity contribution >= 4 is 65.0 Å². The highest BCUT2D eigenvalue weighted by Crippen LogP contribution is 2.42. The predicted molar refractivity (Wildman–Crippen MR) is 270 cm³/mol. The molecular weight excluding hydrogens is 791 g/mol. The van der Waals surface area contributed by atoms with Crippen LogP contribution in [-0.2, 0) is 0 Å². The first-order chi connectivity index (χ1) is 32.2. The first-order valence-corrected chi connectivity index (χ1v) is 22.0. The molecule has 13 aromatic rings. The molecule has 0 aliphatic rings. The Kier molecular flexibility index (Phi) is 8.50. The van der Waals surface area contributed by atoms with E-state index in [1.807, 2.05) is 12.1 Å². The smallest absolute Gasteiger partial charge is 0.164 e.